The molecule has 4 aliphatic heterocycles. The van der Waals surface area contributed by atoms with Crippen molar-refractivity contribution >= 4 is 64.0 Å². The van der Waals surface area contributed by atoms with E-state index in [2.05, 4.69) is 98.4 Å². The lowest BCUT2D eigenvalue weighted by molar-refractivity contribution is 0.0471. The van der Waals surface area contributed by atoms with Crippen molar-refractivity contribution in [3.05, 3.63) is 128 Å². The zero-order valence-electron chi connectivity index (χ0n) is 32.5. The highest BCUT2D eigenvalue weighted by molar-refractivity contribution is 14.1. The van der Waals surface area contributed by atoms with Crippen molar-refractivity contribution in [3.63, 3.8) is 0 Å². The van der Waals surface area contributed by atoms with Crippen molar-refractivity contribution in [2.75, 3.05) is 6.51 Å². The van der Waals surface area contributed by atoms with E-state index in [1.165, 1.54) is 58.9 Å². The second kappa shape index (κ2) is 19.4. The summed E-state index contributed by atoms with van der Waals surface area (Å²) in [6.07, 6.45) is 8.10. The Morgan fingerprint density at radius 1 is 0.661 bits per heavy atom. The summed E-state index contributed by atoms with van der Waals surface area (Å²) in [5.41, 5.74) is 9.32. The predicted molar refractivity (Wildman–Crippen MR) is 244 cm³/mol. The maximum absolute atomic E-state index is 12.0. The van der Waals surface area contributed by atoms with Gasteiger partial charge >= 0.3 is 11.9 Å². The summed E-state index contributed by atoms with van der Waals surface area (Å²) in [7, 11) is 0. The third-order valence-corrected chi connectivity index (χ3v) is 12.7. The van der Waals surface area contributed by atoms with Gasteiger partial charge in [0.2, 0.25) is 0 Å². The van der Waals surface area contributed by atoms with Gasteiger partial charge in [-0.15, -0.1) is 0 Å². The first-order valence-electron chi connectivity index (χ1n) is 19.3. The number of ether oxygens (including phenoxy) is 2. The van der Waals surface area contributed by atoms with E-state index >= 15 is 0 Å². The fourth-order valence-electron chi connectivity index (χ4n) is 8.13. The number of aliphatic imine (C=N–C) groups is 2. The van der Waals surface area contributed by atoms with E-state index in [-0.39, 0.29) is 44.2 Å². The van der Waals surface area contributed by atoms with Gasteiger partial charge in [0, 0.05) is 25.8 Å². The summed E-state index contributed by atoms with van der Waals surface area (Å²) < 4.78 is 12.2. The molecule has 0 radical (unpaired) electrons. The molecule has 6 nitrogen and oxygen atoms in total. The predicted octanol–water partition coefficient (Wildman–Crippen LogP) is 13.4. The summed E-state index contributed by atoms with van der Waals surface area (Å²) in [6, 6.07) is 30.9. The number of carbonyl (C=O) groups is 2. The summed E-state index contributed by atoms with van der Waals surface area (Å²) in [6.45, 7) is 14.5. The van der Waals surface area contributed by atoms with Crippen molar-refractivity contribution in [2.24, 2.45) is 9.98 Å². The SMILES string of the molecule is C.C.CC1=Nc2ccc(COC(=O)c3ccccc3)cc2C1(C)C.CC1=Nc2ccc(I)cc2C1(C)C.O=C(OCB1C2CCCC1CCC2)c1ccccc1. The number of benzene rings is 4. The number of halogens is 1. The fourth-order valence-corrected chi connectivity index (χ4v) is 8.62. The van der Waals surface area contributed by atoms with Gasteiger partial charge in [0.25, 0.3) is 0 Å². The first kappa shape index (κ1) is 44.7. The molecule has 4 heterocycles. The molecule has 0 aliphatic carbocycles. The van der Waals surface area contributed by atoms with Gasteiger partial charge in [0.05, 0.1) is 29.0 Å². The van der Waals surface area contributed by atoms with Crippen LogP contribution in [-0.4, -0.2) is 36.6 Å². The largest absolute Gasteiger partial charge is 0.471 e. The third kappa shape index (κ3) is 10.3. The highest BCUT2D eigenvalue weighted by Crippen LogP contribution is 2.46. The molecule has 0 aromatic heterocycles. The van der Waals surface area contributed by atoms with E-state index in [4.69, 9.17) is 9.47 Å². The quantitative estimate of drug-likeness (QED) is 0.110. The van der Waals surface area contributed by atoms with Crippen LogP contribution in [-0.2, 0) is 26.9 Å². The molecule has 2 bridgehead atoms. The Balaban J connectivity index is 0.000000189. The number of fused-ring (bicyclic) bond motifs is 4. The zero-order valence-corrected chi connectivity index (χ0v) is 34.7. The molecule has 4 aromatic rings. The molecule has 4 aromatic carbocycles. The normalized spacial score (nSPS) is 19.0. The van der Waals surface area contributed by atoms with Crippen LogP contribution in [0.3, 0.4) is 0 Å². The molecule has 0 saturated carbocycles. The highest BCUT2D eigenvalue weighted by atomic mass is 127. The summed E-state index contributed by atoms with van der Waals surface area (Å²) in [4.78, 5) is 33.1. The topological polar surface area (TPSA) is 77.3 Å². The Labute approximate surface area is 350 Å². The van der Waals surface area contributed by atoms with Crippen LogP contribution < -0.4 is 0 Å². The highest BCUT2D eigenvalue weighted by Gasteiger charge is 2.40. The van der Waals surface area contributed by atoms with Gasteiger partial charge < -0.3 is 9.47 Å². The van der Waals surface area contributed by atoms with Gasteiger partial charge in [-0.25, -0.2) is 9.59 Å². The van der Waals surface area contributed by atoms with Crippen LogP contribution in [0.5, 0.6) is 0 Å². The van der Waals surface area contributed by atoms with Crippen molar-refractivity contribution in [1.82, 2.24) is 0 Å². The van der Waals surface area contributed by atoms with Crippen LogP contribution in [0.25, 0.3) is 0 Å². The summed E-state index contributed by atoms with van der Waals surface area (Å²) in [5, 5.41) is 0. The zero-order chi connectivity index (χ0) is 38.5. The molecule has 56 heavy (non-hydrogen) atoms. The number of hydrogen-bond acceptors (Lipinski definition) is 6. The van der Waals surface area contributed by atoms with Crippen LogP contribution in [0, 0.1) is 3.57 Å². The lowest BCUT2D eigenvalue weighted by atomic mass is 9.28. The minimum Gasteiger partial charge on any atom is -0.471 e. The molecule has 4 aliphatic rings. The van der Waals surface area contributed by atoms with Crippen molar-refractivity contribution < 1.29 is 19.1 Å². The minimum absolute atomic E-state index is 0. The molecule has 0 N–H and O–H groups in total. The number of rotatable bonds is 6. The Hall–Kier alpha value is -4.05. The van der Waals surface area contributed by atoms with Crippen molar-refractivity contribution in [1.29, 1.82) is 0 Å². The van der Waals surface area contributed by atoms with Gasteiger partial charge in [0.15, 0.2) is 6.71 Å². The van der Waals surface area contributed by atoms with Gasteiger partial charge in [0.1, 0.15) is 6.61 Å². The van der Waals surface area contributed by atoms with E-state index in [1.54, 1.807) is 12.1 Å². The van der Waals surface area contributed by atoms with Crippen molar-refractivity contribution in [3.8, 4) is 0 Å². The fraction of sp³-hybridized carbons (Fsp3) is 0.417. The number of nitrogens with zero attached hydrogens (tertiary/aromatic N) is 2. The Kier molecular flexibility index (Phi) is 15.5. The monoisotopic (exact) mass is 866 g/mol. The average Bonchev–Trinajstić information content (AvgIpc) is 3.54. The molecule has 0 amide bonds. The summed E-state index contributed by atoms with van der Waals surface area (Å²) in [5.74, 6) is 1.14. The van der Waals surface area contributed by atoms with Gasteiger partial charge in [-0.1, -0.05) is 135 Å². The Morgan fingerprint density at radius 3 is 1.61 bits per heavy atom. The van der Waals surface area contributed by atoms with Crippen LogP contribution in [0.2, 0.25) is 11.6 Å². The van der Waals surface area contributed by atoms with Crippen molar-refractivity contribution in [2.45, 2.75) is 124 Å². The Bertz CT molecular complexity index is 2000. The van der Waals surface area contributed by atoms with Crippen LogP contribution >= 0.6 is 22.6 Å². The molecule has 0 unspecified atom stereocenters. The molecule has 2 fully saturated rings. The van der Waals surface area contributed by atoms with E-state index in [0.717, 1.165) is 34.3 Å². The maximum atomic E-state index is 12.0. The van der Waals surface area contributed by atoms with E-state index in [0.29, 0.717) is 24.3 Å². The minimum atomic E-state index is -0.298. The van der Waals surface area contributed by atoms with Gasteiger partial charge in [-0.05, 0) is 108 Å². The molecule has 8 rings (SSSR count). The molecule has 296 valence electrons. The molecule has 0 atom stereocenters. The van der Waals surface area contributed by atoms with E-state index in [1.807, 2.05) is 60.7 Å². The third-order valence-electron chi connectivity index (χ3n) is 12.1. The van der Waals surface area contributed by atoms with Gasteiger partial charge in [-0.3, -0.25) is 9.98 Å². The Morgan fingerprint density at radius 2 is 1.11 bits per heavy atom. The first-order valence-corrected chi connectivity index (χ1v) is 20.4. The van der Waals surface area contributed by atoms with Gasteiger partial charge in [-0.2, -0.15) is 0 Å². The van der Waals surface area contributed by atoms with Crippen LogP contribution in [0.1, 0.15) is 132 Å². The molecular formula is C48H60BIN2O4. The number of hydrogen-bond donors (Lipinski definition) is 0. The van der Waals surface area contributed by atoms with Crippen LogP contribution in [0.15, 0.2) is 107 Å². The van der Waals surface area contributed by atoms with E-state index in [9.17, 15) is 9.59 Å². The lowest BCUT2D eigenvalue weighted by Crippen LogP contribution is -2.39. The summed E-state index contributed by atoms with van der Waals surface area (Å²) >= 11 is 2.35. The standard InChI is InChI=1S/C19H19NO2.C16H21BO2.C11H12IN.2CH4/c1-13-19(2,3)16-11-14(9-10-17(16)20-13)12-22-18(21)15-7-5-4-6-8-15;18-16(13-6-2-1-3-7-13)19-12-17-14-8-4-9-15(17)11-5-10-14;1-7-11(2,3)9-6-8(12)4-5-10(9)13-7;;/h4-11H,12H2,1-3H3;1-3,6-7,14-15H,4-5,8-12H2;4-6H,1-3H3;2*1H4. The second-order valence-corrected chi connectivity index (χ2v) is 17.4. The maximum Gasteiger partial charge on any atom is 0.338 e. The lowest BCUT2D eigenvalue weighted by Gasteiger charge is -2.39. The molecule has 2 saturated heterocycles. The molecule has 8 heteroatoms. The van der Waals surface area contributed by atoms with E-state index < -0.39 is 0 Å². The molecule has 0 spiro atoms. The number of esters is 2. The smallest absolute Gasteiger partial charge is 0.338 e. The number of carbonyl (C=O) groups excluding carboxylic acids is 2. The average molecular weight is 867 g/mol. The second-order valence-electron chi connectivity index (χ2n) is 16.1. The van der Waals surface area contributed by atoms with Crippen LogP contribution in [0.4, 0.5) is 11.4 Å². The molecular weight excluding hydrogens is 806 g/mol. The first-order chi connectivity index (χ1) is 25.8.